The van der Waals surface area contributed by atoms with Crippen molar-refractivity contribution in [3.8, 4) is 0 Å². The Hall–Kier alpha value is -1.01. The second-order valence-corrected chi connectivity index (χ2v) is 6.60. The first-order valence-corrected chi connectivity index (χ1v) is 7.92. The fourth-order valence-corrected chi connectivity index (χ4v) is 4.13. The lowest BCUT2D eigenvalue weighted by Crippen LogP contribution is -2.49. The average Bonchev–Trinajstić information content (AvgIpc) is 2.95. The maximum atomic E-state index is 12.2. The number of likely N-dealkylation sites (N-methyl/N-ethyl adjacent to an activating group) is 1. The van der Waals surface area contributed by atoms with Crippen molar-refractivity contribution in [2.75, 3.05) is 13.7 Å². The third-order valence-corrected chi connectivity index (χ3v) is 5.22. The van der Waals surface area contributed by atoms with E-state index in [1.165, 1.54) is 0 Å². The Balaban J connectivity index is 2.03. The summed E-state index contributed by atoms with van der Waals surface area (Å²) in [5.74, 6) is -0.119. The van der Waals surface area contributed by atoms with Gasteiger partial charge in [-0.2, -0.15) is 5.10 Å². The van der Waals surface area contributed by atoms with Gasteiger partial charge < -0.3 is 10.1 Å². The molecule has 1 aliphatic rings. The SMILES string of the molecule is CCOC(=O)C1(NC)CCC(Sc2cc(C)nn2C)C1. The highest BCUT2D eigenvalue weighted by Gasteiger charge is 2.45. The number of carbonyl (C=O) groups is 1. The second kappa shape index (κ2) is 6.18. The van der Waals surface area contributed by atoms with E-state index in [2.05, 4.69) is 16.5 Å². The number of esters is 1. The van der Waals surface area contributed by atoms with Gasteiger partial charge in [0.2, 0.25) is 0 Å². The molecule has 0 saturated heterocycles. The number of aromatic nitrogens is 2. The van der Waals surface area contributed by atoms with Crippen LogP contribution in [-0.4, -0.2) is 40.2 Å². The van der Waals surface area contributed by atoms with Gasteiger partial charge in [0.25, 0.3) is 0 Å². The first-order chi connectivity index (χ1) is 9.50. The molecule has 0 radical (unpaired) electrons. The molecule has 1 aromatic heterocycles. The van der Waals surface area contributed by atoms with Crippen molar-refractivity contribution >= 4 is 17.7 Å². The van der Waals surface area contributed by atoms with E-state index in [-0.39, 0.29) is 5.97 Å². The molecule has 112 valence electrons. The quantitative estimate of drug-likeness (QED) is 0.841. The molecule has 20 heavy (non-hydrogen) atoms. The van der Waals surface area contributed by atoms with Gasteiger partial charge in [-0.1, -0.05) is 0 Å². The molecule has 6 heteroatoms. The minimum Gasteiger partial charge on any atom is -0.465 e. The van der Waals surface area contributed by atoms with Crippen molar-refractivity contribution < 1.29 is 9.53 Å². The van der Waals surface area contributed by atoms with Crippen molar-refractivity contribution in [1.82, 2.24) is 15.1 Å². The first-order valence-electron chi connectivity index (χ1n) is 7.04. The van der Waals surface area contributed by atoms with Crippen LogP contribution in [0.5, 0.6) is 0 Å². The largest absolute Gasteiger partial charge is 0.465 e. The van der Waals surface area contributed by atoms with Crippen LogP contribution < -0.4 is 5.32 Å². The highest BCUT2D eigenvalue weighted by atomic mass is 32.2. The zero-order chi connectivity index (χ0) is 14.8. The van der Waals surface area contributed by atoms with E-state index in [0.717, 1.165) is 30.0 Å². The number of thioether (sulfide) groups is 1. The molecule has 1 fully saturated rings. The van der Waals surface area contributed by atoms with E-state index in [9.17, 15) is 4.79 Å². The van der Waals surface area contributed by atoms with Crippen molar-refractivity contribution in [1.29, 1.82) is 0 Å². The topological polar surface area (TPSA) is 56.1 Å². The molecule has 0 aliphatic heterocycles. The predicted octanol–water partition coefficient (Wildman–Crippen LogP) is 1.89. The number of hydrogen-bond donors (Lipinski definition) is 1. The highest BCUT2D eigenvalue weighted by molar-refractivity contribution is 7.99. The lowest BCUT2D eigenvalue weighted by Gasteiger charge is -2.26. The molecule has 0 bridgehead atoms. The van der Waals surface area contributed by atoms with Crippen LogP contribution >= 0.6 is 11.8 Å². The molecule has 0 amide bonds. The van der Waals surface area contributed by atoms with Crippen molar-refractivity contribution in [2.24, 2.45) is 7.05 Å². The summed E-state index contributed by atoms with van der Waals surface area (Å²) < 4.78 is 7.12. The van der Waals surface area contributed by atoms with Crippen LogP contribution in [0.4, 0.5) is 0 Å². The van der Waals surface area contributed by atoms with Gasteiger partial charge in [0, 0.05) is 12.3 Å². The van der Waals surface area contributed by atoms with E-state index in [0.29, 0.717) is 11.9 Å². The summed E-state index contributed by atoms with van der Waals surface area (Å²) >= 11 is 1.80. The number of hydrogen-bond acceptors (Lipinski definition) is 5. The molecule has 1 aromatic rings. The zero-order valence-electron chi connectivity index (χ0n) is 12.6. The van der Waals surface area contributed by atoms with Gasteiger partial charge in [-0.3, -0.25) is 9.48 Å². The van der Waals surface area contributed by atoms with E-state index in [4.69, 9.17) is 4.74 Å². The van der Waals surface area contributed by atoms with Gasteiger partial charge in [0.1, 0.15) is 5.54 Å². The van der Waals surface area contributed by atoms with Gasteiger partial charge >= 0.3 is 5.97 Å². The van der Waals surface area contributed by atoms with Gasteiger partial charge in [-0.25, -0.2) is 0 Å². The molecule has 1 saturated carbocycles. The summed E-state index contributed by atoms with van der Waals surface area (Å²) in [4.78, 5) is 12.2. The minimum atomic E-state index is -0.513. The van der Waals surface area contributed by atoms with Gasteiger partial charge in [-0.15, -0.1) is 11.8 Å². The van der Waals surface area contributed by atoms with Crippen LogP contribution in [0.3, 0.4) is 0 Å². The molecule has 2 atom stereocenters. The lowest BCUT2D eigenvalue weighted by molar-refractivity contribution is -0.150. The Morgan fingerprint density at radius 2 is 2.45 bits per heavy atom. The second-order valence-electron chi connectivity index (χ2n) is 5.28. The molecule has 0 spiro atoms. The molecule has 1 N–H and O–H groups in total. The Bertz CT molecular complexity index is 489. The fraction of sp³-hybridized carbons (Fsp3) is 0.714. The number of carbonyl (C=O) groups excluding carboxylic acids is 1. The average molecular weight is 297 g/mol. The Morgan fingerprint density at radius 1 is 1.70 bits per heavy atom. The normalized spacial score (nSPS) is 25.9. The number of nitrogens with one attached hydrogen (secondary N) is 1. The van der Waals surface area contributed by atoms with Crippen molar-refractivity contribution in [2.45, 2.75) is 48.9 Å². The van der Waals surface area contributed by atoms with Crippen LogP contribution in [0.25, 0.3) is 0 Å². The zero-order valence-corrected chi connectivity index (χ0v) is 13.4. The van der Waals surface area contributed by atoms with Gasteiger partial charge in [0.05, 0.1) is 17.3 Å². The fourth-order valence-electron chi connectivity index (χ4n) is 2.75. The highest BCUT2D eigenvalue weighted by Crippen LogP contribution is 2.40. The Labute approximate surface area is 124 Å². The molecule has 0 aromatic carbocycles. The third-order valence-electron chi connectivity index (χ3n) is 3.86. The van der Waals surface area contributed by atoms with Crippen LogP contribution in [-0.2, 0) is 16.6 Å². The summed E-state index contributed by atoms with van der Waals surface area (Å²) in [6.07, 6.45) is 2.64. The molecule has 2 rings (SSSR count). The minimum absolute atomic E-state index is 0.119. The van der Waals surface area contributed by atoms with Gasteiger partial charge in [0.15, 0.2) is 0 Å². The van der Waals surface area contributed by atoms with Crippen LogP contribution in [0.2, 0.25) is 0 Å². The van der Waals surface area contributed by atoms with Gasteiger partial charge in [-0.05, 0) is 46.2 Å². The maximum absolute atomic E-state index is 12.2. The first kappa shape index (κ1) is 15.4. The monoisotopic (exact) mass is 297 g/mol. The number of rotatable bonds is 5. The molecule has 1 heterocycles. The Morgan fingerprint density at radius 3 is 3.00 bits per heavy atom. The standard InChI is InChI=1S/C14H23N3O2S/c1-5-19-13(18)14(15-3)7-6-11(9-14)20-12-8-10(2)16-17(12)4/h8,11,15H,5-7,9H2,1-4H3. The third kappa shape index (κ3) is 3.01. The van der Waals surface area contributed by atoms with Crippen LogP contribution in [0.15, 0.2) is 11.1 Å². The lowest BCUT2D eigenvalue weighted by atomic mass is 9.98. The number of aryl methyl sites for hydroxylation is 2. The van der Waals surface area contributed by atoms with Crippen molar-refractivity contribution in [3.63, 3.8) is 0 Å². The predicted molar refractivity (Wildman–Crippen MR) is 79.9 cm³/mol. The van der Waals surface area contributed by atoms with E-state index >= 15 is 0 Å². The van der Waals surface area contributed by atoms with E-state index < -0.39 is 5.54 Å². The van der Waals surface area contributed by atoms with E-state index in [1.807, 2.05) is 32.6 Å². The summed E-state index contributed by atoms with van der Waals surface area (Å²) in [5.41, 5.74) is 0.514. The molecule has 2 unspecified atom stereocenters. The maximum Gasteiger partial charge on any atom is 0.326 e. The Kier molecular flexibility index (Phi) is 4.75. The van der Waals surface area contributed by atoms with Crippen LogP contribution in [0, 0.1) is 6.92 Å². The molecule has 5 nitrogen and oxygen atoms in total. The molecular weight excluding hydrogens is 274 g/mol. The van der Waals surface area contributed by atoms with E-state index in [1.54, 1.807) is 11.8 Å². The summed E-state index contributed by atoms with van der Waals surface area (Å²) in [7, 11) is 3.80. The molecular formula is C14H23N3O2S. The summed E-state index contributed by atoms with van der Waals surface area (Å²) in [6.45, 7) is 4.27. The molecule has 1 aliphatic carbocycles. The van der Waals surface area contributed by atoms with Crippen molar-refractivity contribution in [3.05, 3.63) is 11.8 Å². The van der Waals surface area contributed by atoms with Crippen LogP contribution in [0.1, 0.15) is 31.9 Å². The summed E-state index contributed by atoms with van der Waals surface area (Å²) in [6, 6.07) is 2.09. The number of nitrogens with zero attached hydrogens (tertiary/aromatic N) is 2. The smallest absolute Gasteiger partial charge is 0.326 e. The number of ether oxygens (including phenoxy) is 1. The summed E-state index contributed by atoms with van der Waals surface area (Å²) in [5, 5.41) is 9.12.